The molecule has 0 spiro atoms. The van der Waals surface area contributed by atoms with Gasteiger partial charge in [-0.1, -0.05) is 30.3 Å². The first-order chi connectivity index (χ1) is 13.7. The zero-order valence-electron chi connectivity index (χ0n) is 15.9. The molecule has 9 nitrogen and oxygen atoms in total. The highest BCUT2D eigenvalue weighted by molar-refractivity contribution is 7.89. The Morgan fingerprint density at radius 3 is 2.38 bits per heavy atom. The van der Waals surface area contributed by atoms with E-state index in [2.05, 4.69) is 10.0 Å². The summed E-state index contributed by atoms with van der Waals surface area (Å²) in [4.78, 5) is 35.7. The van der Waals surface area contributed by atoms with Crippen LogP contribution in [0, 0.1) is 0 Å². The average Bonchev–Trinajstić information content (AvgIpc) is 2.72. The van der Waals surface area contributed by atoms with Crippen molar-refractivity contribution < 1.29 is 13.2 Å². The molecule has 2 N–H and O–H groups in total. The Labute approximate surface area is 166 Å². The topological polar surface area (TPSA) is 119 Å². The molecule has 0 unspecified atom stereocenters. The fourth-order valence-electron chi connectivity index (χ4n) is 2.78. The number of hydrogen-bond acceptors (Lipinski definition) is 5. The fraction of sp³-hybridized carbons (Fsp3) is 0.211. The normalized spacial score (nSPS) is 11.5. The van der Waals surface area contributed by atoms with Crippen LogP contribution < -0.4 is 21.3 Å². The number of carbonyl (C=O) groups excluding carboxylic acids is 1. The first-order valence-corrected chi connectivity index (χ1v) is 10.2. The molecule has 29 heavy (non-hydrogen) atoms. The largest absolute Gasteiger partial charge is 0.349 e. The first kappa shape index (κ1) is 20.5. The van der Waals surface area contributed by atoms with Crippen LogP contribution in [0.15, 0.2) is 63.0 Å². The van der Waals surface area contributed by atoms with E-state index in [0.717, 1.165) is 15.3 Å². The van der Waals surface area contributed by atoms with Crippen LogP contribution in [-0.2, 0) is 35.5 Å². The van der Waals surface area contributed by atoms with Crippen molar-refractivity contribution in [2.24, 2.45) is 14.1 Å². The number of carbonyl (C=O) groups is 1. The van der Waals surface area contributed by atoms with Gasteiger partial charge in [-0.25, -0.2) is 17.9 Å². The molecule has 1 amide bonds. The Kier molecular flexibility index (Phi) is 5.66. The zero-order valence-corrected chi connectivity index (χ0v) is 16.7. The van der Waals surface area contributed by atoms with Crippen LogP contribution >= 0.6 is 0 Å². The number of nitrogens with one attached hydrogen (secondary N) is 2. The molecule has 152 valence electrons. The summed E-state index contributed by atoms with van der Waals surface area (Å²) in [6, 6.07) is 13.3. The number of fused-ring (bicyclic) bond motifs is 1. The minimum Gasteiger partial charge on any atom is -0.349 e. The lowest BCUT2D eigenvalue weighted by Crippen LogP contribution is -2.41. The predicted molar refractivity (Wildman–Crippen MR) is 108 cm³/mol. The number of hydrogen-bond donors (Lipinski definition) is 2. The lowest BCUT2D eigenvalue weighted by Gasteiger charge is -2.11. The monoisotopic (exact) mass is 416 g/mol. The van der Waals surface area contributed by atoms with Crippen molar-refractivity contribution in [1.82, 2.24) is 19.2 Å². The maximum atomic E-state index is 12.5. The first-order valence-electron chi connectivity index (χ1n) is 8.70. The van der Waals surface area contributed by atoms with E-state index in [0.29, 0.717) is 5.69 Å². The number of rotatable bonds is 6. The zero-order chi connectivity index (χ0) is 21.2. The molecular formula is C19H20N4O5S. The van der Waals surface area contributed by atoms with Gasteiger partial charge in [0.1, 0.15) is 0 Å². The summed E-state index contributed by atoms with van der Waals surface area (Å²) in [6.45, 7) is -0.563. The van der Waals surface area contributed by atoms with Crippen molar-refractivity contribution in [3.8, 4) is 0 Å². The molecule has 0 aliphatic heterocycles. The number of benzene rings is 2. The number of amides is 1. The molecule has 1 aromatic heterocycles. The Bertz CT molecular complexity index is 1310. The second-order valence-corrected chi connectivity index (χ2v) is 8.25. The summed E-state index contributed by atoms with van der Waals surface area (Å²) >= 11 is 0. The summed E-state index contributed by atoms with van der Waals surface area (Å²) < 4.78 is 29.3. The maximum Gasteiger partial charge on any atom is 0.330 e. The van der Waals surface area contributed by atoms with E-state index in [1.807, 2.05) is 18.2 Å². The highest BCUT2D eigenvalue weighted by Crippen LogP contribution is 2.18. The van der Waals surface area contributed by atoms with Crippen LogP contribution in [0.5, 0.6) is 0 Å². The lowest BCUT2D eigenvalue weighted by atomic mass is 10.1. The van der Waals surface area contributed by atoms with Crippen molar-refractivity contribution in [3.05, 3.63) is 75.1 Å². The molecule has 0 fully saturated rings. The van der Waals surface area contributed by atoms with Gasteiger partial charge in [0.05, 0.1) is 18.0 Å². The average molecular weight is 416 g/mol. The van der Waals surface area contributed by atoms with Gasteiger partial charge in [-0.2, -0.15) is 0 Å². The second kappa shape index (κ2) is 8.02. The molecule has 3 rings (SSSR count). The van der Waals surface area contributed by atoms with Crippen LogP contribution in [0.25, 0.3) is 10.8 Å². The SMILES string of the molecule is Cn1c(CNC(=O)CNS(=O)(=O)c2ccc3ccccc3c2)cc(=O)n(C)c1=O. The van der Waals surface area contributed by atoms with Gasteiger partial charge in [-0.15, -0.1) is 0 Å². The fourth-order valence-corrected chi connectivity index (χ4v) is 3.80. The summed E-state index contributed by atoms with van der Waals surface area (Å²) in [5.74, 6) is -0.595. The molecule has 0 radical (unpaired) electrons. The van der Waals surface area contributed by atoms with Gasteiger partial charge in [0, 0.05) is 25.9 Å². The van der Waals surface area contributed by atoms with Crippen LogP contribution in [0.1, 0.15) is 5.69 Å². The second-order valence-electron chi connectivity index (χ2n) is 6.48. The minimum atomic E-state index is -3.88. The van der Waals surface area contributed by atoms with Crippen molar-refractivity contribution >= 4 is 26.7 Å². The van der Waals surface area contributed by atoms with E-state index < -0.39 is 33.7 Å². The molecule has 1 heterocycles. The highest BCUT2D eigenvalue weighted by Gasteiger charge is 2.16. The van der Waals surface area contributed by atoms with Gasteiger partial charge in [0.2, 0.25) is 15.9 Å². The Morgan fingerprint density at radius 1 is 0.966 bits per heavy atom. The van der Waals surface area contributed by atoms with E-state index in [4.69, 9.17) is 0 Å². The summed E-state index contributed by atoms with van der Waals surface area (Å²) in [6.07, 6.45) is 0. The molecular weight excluding hydrogens is 396 g/mol. The van der Waals surface area contributed by atoms with Gasteiger partial charge in [0.25, 0.3) is 5.56 Å². The molecule has 0 atom stereocenters. The van der Waals surface area contributed by atoms with Crippen molar-refractivity contribution in [3.63, 3.8) is 0 Å². The van der Waals surface area contributed by atoms with Crippen molar-refractivity contribution in [2.75, 3.05) is 6.54 Å². The standard InChI is InChI=1S/C19H20N4O5S/c1-22-15(10-18(25)23(2)19(22)26)11-20-17(24)12-21-29(27,28)16-8-7-13-5-3-4-6-14(13)9-16/h3-10,21H,11-12H2,1-2H3,(H,20,24). The van der Waals surface area contributed by atoms with E-state index in [9.17, 15) is 22.8 Å². The smallest absolute Gasteiger partial charge is 0.330 e. The van der Waals surface area contributed by atoms with Crippen molar-refractivity contribution in [1.29, 1.82) is 0 Å². The Hall–Kier alpha value is -3.24. The summed E-state index contributed by atoms with van der Waals surface area (Å²) in [7, 11) is -1.04. The Balaban J connectivity index is 1.65. The van der Waals surface area contributed by atoms with Crippen LogP contribution in [0.2, 0.25) is 0 Å². The highest BCUT2D eigenvalue weighted by atomic mass is 32.2. The van der Waals surface area contributed by atoms with Crippen molar-refractivity contribution in [2.45, 2.75) is 11.4 Å². The molecule has 3 aromatic rings. The summed E-state index contributed by atoms with van der Waals surface area (Å²) in [5, 5.41) is 4.17. The number of sulfonamides is 1. The molecule has 0 saturated carbocycles. The third kappa shape index (κ3) is 4.44. The van der Waals surface area contributed by atoms with Crippen LogP contribution in [0.3, 0.4) is 0 Å². The molecule has 10 heteroatoms. The molecule has 0 bridgehead atoms. The van der Waals surface area contributed by atoms with Gasteiger partial charge < -0.3 is 5.32 Å². The van der Waals surface area contributed by atoms with E-state index >= 15 is 0 Å². The molecule has 0 aliphatic carbocycles. The van der Waals surface area contributed by atoms with E-state index in [1.165, 1.54) is 36.9 Å². The number of nitrogens with zero attached hydrogens (tertiary/aromatic N) is 2. The molecule has 2 aromatic carbocycles. The van der Waals surface area contributed by atoms with Gasteiger partial charge in [-0.05, 0) is 22.9 Å². The van der Waals surface area contributed by atoms with Gasteiger partial charge in [-0.3, -0.25) is 18.7 Å². The molecule has 0 saturated heterocycles. The van der Waals surface area contributed by atoms with E-state index in [-0.39, 0.29) is 11.4 Å². The van der Waals surface area contributed by atoms with Gasteiger partial charge >= 0.3 is 5.69 Å². The summed E-state index contributed by atoms with van der Waals surface area (Å²) in [5.41, 5.74) is -0.697. The number of aromatic nitrogens is 2. The Morgan fingerprint density at radius 2 is 1.66 bits per heavy atom. The maximum absolute atomic E-state index is 12.5. The third-order valence-corrected chi connectivity index (χ3v) is 5.94. The minimum absolute atomic E-state index is 0.0537. The van der Waals surface area contributed by atoms with Crippen LogP contribution in [0.4, 0.5) is 0 Å². The third-order valence-electron chi connectivity index (χ3n) is 4.55. The van der Waals surface area contributed by atoms with E-state index in [1.54, 1.807) is 12.1 Å². The molecule has 0 aliphatic rings. The van der Waals surface area contributed by atoms with Crippen LogP contribution in [-0.4, -0.2) is 30.0 Å². The quantitative estimate of drug-likeness (QED) is 0.578. The lowest BCUT2D eigenvalue weighted by molar-refractivity contribution is -0.120. The van der Waals surface area contributed by atoms with Gasteiger partial charge in [0.15, 0.2) is 0 Å². The predicted octanol–water partition coefficient (Wildman–Crippen LogP) is -0.168.